The largest absolute Gasteiger partial charge is 0.394 e. The lowest BCUT2D eigenvalue weighted by atomic mass is 10.1. The molecule has 0 bridgehead atoms. The Labute approximate surface area is 102 Å². The SMILES string of the molecule is O=C(NC(CO)c1cc(F)c(F)c(F)c1)C1CC1. The van der Waals surface area contributed by atoms with Crippen LogP contribution < -0.4 is 5.32 Å². The molecule has 0 spiro atoms. The van der Waals surface area contributed by atoms with Gasteiger partial charge in [-0.25, -0.2) is 13.2 Å². The molecular formula is C12H12F3NO2. The summed E-state index contributed by atoms with van der Waals surface area (Å²) in [6, 6.07) is 0.613. The van der Waals surface area contributed by atoms with Crippen molar-refractivity contribution in [1.82, 2.24) is 5.32 Å². The van der Waals surface area contributed by atoms with Crippen LogP contribution in [-0.4, -0.2) is 17.6 Å². The fourth-order valence-electron chi connectivity index (χ4n) is 1.65. The number of halogens is 3. The van der Waals surface area contributed by atoms with Crippen molar-refractivity contribution in [3.05, 3.63) is 35.1 Å². The summed E-state index contributed by atoms with van der Waals surface area (Å²) < 4.78 is 38.9. The van der Waals surface area contributed by atoms with Crippen LogP contribution in [0.3, 0.4) is 0 Å². The maximum absolute atomic E-state index is 13.0. The molecule has 3 nitrogen and oxygen atoms in total. The van der Waals surface area contributed by atoms with Crippen LogP contribution in [0, 0.1) is 23.4 Å². The summed E-state index contributed by atoms with van der Waals surface area (Å²) in [5.41, 5.74) is 0.00269. The van der Waals surface area contributed by atoms with Crippen molar-refractivity contribution in [2.24, 2.45) is 5.92 Å². The lowest BCUT2D eigenvalue weighted by Crippen LogP contribution is -2.32. The molecule has 1 aliphatic rings. The van der Waals surface area contributed by atoms with Crippen molar-refractivity contribution in [2.75, 3.05) is 6.61 Å². The molecular weight excluding hydrogens is 247 g/mol. The number of amides is 1. The highest BCUT2D eigenvalue weighted by Crippen LogP contribution is 2.30. The van der Waals surface area contributed by atoms with E-state index in [1.54, 1.807) is 0 Å². The van der Waals surface area contributed by atoms with Crippen LogP contribution in [0.25, 0.3) is 0 Å². The van der Waals surface area contributed by atoms with Crippen molar-refractivity contribution in [1.29, 1.82) is 0 Å². The average Bonchev–Trinajstić information content (AvgIpc) is 3.16. The molecule has 1 fully saturated rings. The van der Waals surface area contributed by atoms with E-state index in [9.17, 15) is 18.0 Å². The minimum absolute atomic E-state index is 0.00269. The first-order chi connectivity index (χ1) is 8.52. The summed E-state index contributed by atoms with van der Waals surface area (Å²) in [6.07, 6.45) is 1.55. The fraction of sp³-hybridized carbons (Fsp3) is 0.417. The number of nitrogens with one attached hydrogen (secondary N) is 1. The Balaban J connectivity index is 2.18. The topological polar surface area (TPSA) is 49.3 Å². The number of hydrogen-bond acceptors (Lipinski definition) is 2. The maximum Gasteiger partial charge on any atom is 0.223 e. The lowest BCUT2D eigenvalue weighted by molar-refractivity contribution is -0.123. The minimum Gasteiger partial charge on any atom is -0.394 e. The van der Waals surface area contributed by atoms with Gasteiger partial charge in [0, 0.05) is 5.92 Å². The van der Waals surface area contributed by atoms with E-state index >= 15 is 0 Å². The molecule has 2 N–H and O–H groups in total. The van der Waals surface area contributed by atoms with E-state index in [4.69, 9.17) is 5.11 Å². The van der Waals surface area contributed by atoms with Gasteiger partial charge in [-0.05, 0) is 30.5 Å². The molecule has 1 atom stereocenters. The molecule has 1 aliphatic carbocycles. The van der Waals surface area contributed by atoms with Crippen LogP contribution >= 0.6 is 0 Å². The molecule has 18 heavy (non-hydrogen) atoms. The molecule has 1 amide bonds. The van der Waals surface area contributed by atoms with Gasteiger partial charge in [-0.15, -0.1) is 0 Å². The number of hydrogen-bond donors (Lipinski definition) is 2. The summed E-state index contributed by atoms with van der Waals surface area (Å²) in [4.78, 5) is 11.5. The summed E-state index contributed by atoms with van der Waals surface area (Å²) in [7, 11) is 0. The van der Waals surface area contributed by atoms with E-state index in [1.807, 2.05) is 0 Å². The zero-order valence-corrected chi connectivity index (χ0v) is 9.42. The third kappa shape index (κ3) is 2.64. The Morgan fingerprint density at radius 3 is 2.33 bits per heavy atom. The van der Waals surface area contributed by atoms with E-state index in [-0.39, 0.29) is 17.4 Å². The smallest absolute Gasteiger partial charge is 0.223 e. The Morgan fingerprint density at radius 1 is 1.33 bits per heavy atom. The second-order valence-corrected chi connectivity index (χ2v) is 4.32. The molecule has 1 aromatic carbocycles. The molecule has 98 valence electrons. The van der Waals surface area contributed by atoms with Gasteiger partial charge in [0.05, 0.1) is 12.6 Å². The zero-order chi connectivity index (χ0) is 13.3. The quantitative estimate of drug-likeness (QED) is 0.808. The van der Waals surface area contributed by atoms with Gasteiger partial charge in [-0.1, -0.05) is 0 Å². The molecule has 0 radical (unpaired) electrons. The number of aliphatic hydroxyl groups is 1. The van der Waals surface area contributed by atoms with E-state index in [1.165, 1.54) is 0 Å². The van der Waals surface area contributed by atoms with Crippen LogP contribution in [0.2, 0.25) is 0 Å². The molecule has 0 heterocycles. The summed E-state index contributed by atoms with van der Waals surface area (Å²) >= 11 is 0. The van der Waals surface area contributed by atoms with Gasteiger partial charge in [0.15, 0.2) is 17.5 Å². The predicted molar refractivity (Wildman–Crippen MR) is 57.0 cm³/mol. The predicted octanol–water partition coefficient (Wildman–Crippen LogP) is 1.66. The Morgan fingerprint density at radius 2 is 1.89 bits per heavy atom. The number of carbonyl (C=O) groups excluding carboxylic acids is 1. The van der Waals surface area contributed by atoms with E-state index < -0.39 is 30.1 Å². The van der Waals surface area contributed by atoms with E-state index in [0.29, 0.717) is 0 Å². The van der Waals surface area contributed by atoms with Gasteiger partial charge < -0.3 is 10.4 Å². The highest BCUT2D eigenvalue weighted by Gasteiger charge is 2.31. The fourth-order valence-corrected chi connectivity index (χ4v) is 1.65. The summed E-state index contributed by atoms with van der Waals surface area (Å²) in [6.45, 7) is -0.511. The zero-order valence-electron chi connectivity index (χ0n) is 9.42. The first-order valence-corrected chi connectivity index (χ1v) is 5.58. The van der Waals surface area contributed by atoms with Gasteiger partial charge in [0.2, 0.25) is 5.91 Å². The second-order valence-electron chi connectivity index (χ2n) is 4.32. The first kappa shape index (κ1) is 12.9. The maximum atomic E-state index is 13.0. The third-order valence-electron chi connectivity index (χ3n) is 2.86. The van der Waals surface area contributed by atoms with Gasteiger partial charge in [0.1, 0.15) is 0 Å². The molecule has 2 rings (SSSR count). The van der Waals surface area contributed by atoms with Gasteiger partial charge >= 0.3 is 0 Å². The molecule has 6 heteroatoms. The standard InChI is InChI=1S/C12H12F3NO2/c13-8-3-7(4-9(14)11(8)15)10(5-17)16-12(18)6-1-2-6/h3-4,6,10,17H,1-2,5H2,(H,16,18). The molecule has 0 saturated heterocycles. The van der Waals surface area contributed by atoms with Gasteiger partial charge in [-0.2, -0.15) is 0 Å². The number of carbonyl (C=O) groups is 1. The molecule has 1 aromatic rings. The van der Waals surface area contributed by atoms with Crippen LogP contribution in [0.5, 0.6) is 0 Å². The number of rotatable bonds is 4. The van der Waals surface area contributed by atoms with Crippen LogP contribution in [0.1, 0.15) is 24.4 Å². The van der Waals surface area contributed by atoms with Crippen molar-refractivity contribution in [2.45, 2.75) is 18.9 Å². The second kappa shape index (κ2) is 4.97. The minimum atomic E-state index is -1.57. The van der Waals surface area contributed by atoms with Crippen molar-refractivity contribution in [3.63, 3.8) is 0 Å². The number of aliphatic hydroxyl groups excluding tert-OH is 1. The third-order valence-corrected chi connectivity index (χ3v) is 2.86. The summed E-state index contributed by atoms with van der Waals surface area (Å²) in [5, 5.41) is 11.6. The van der Waals surface area contributed by atoms with Crippen LogP contribution in [0.4, 0.5) is 13.2 Å². The molecule has 1 unspecified atom stereocenters. The van der Waals surface area contributed by atoms with Crippen LogP contribution in [0.15, 0.2) is 12.1 Å². The van der Waals surface area contributed by atoms with Crippen LogP contribution in [-0.2, 0) is 4.79 Å². The lowest BCUT2D eigenvalue weighted by Gasteiger charge is -2.17. The van der Waals surface area contributed by atoms with E-state index in [0.717, 1.165) is 25.0 Å². The van der Waals surface area contributed by atoms with Crippen molar-refractivity contribution < 1.29 is 23.1 Å². The highest BCUT2D eigenvalue weighted by atomic mass is 19.2. The molecule has 0 aliphatic heterocycles. The van der Waals surface area contributed by atoms with Crippen molar-refractivity contribution in [3.8, 4) is 0 Å². The molecule has 1 saturated carbocycles. The number of benzene rings is 1. The van der Waals surface area contributed by atoms with E-state index in [2.05, 4.69) is 5.32 Å². The monoisotopic (exact) mass is 259 g/mol. The summed E-state index contributed by atoms with van der Waals surface area (Å²) in [5.74, 6) is -4.61. The first-order valence-electron chi connectivity index (χ1n) is 5.58. The van der Waals surface area contributed by atoms with Gasteiger partial charge in [0.25, 0.3) is 0 Å². The van der Waals surface area contributed by atoms with Gasteiger partial charge in [-0.3, -0.25) is 4.79 Å². The van der Waals surface area contributed by atoms with Crippen molar-refractivity contribution >= 4 is 5.91 Å². The molecule has 0 aromatic heterocycles. The average molecular weight is 259 g/mol. The Bertz CT molecular complexity index is 451. The highest BCUT2D eigenvalue weighted by molar-refractivity contribution is 5.81. The Kier molecular flexibility index (Phi) is 3.56. The normalized spacial score (nSPS) is 16.4. The Hall–Kier alpha value is -1.56.